The van der Waals surface area contributed by atoms with Crippen LogP contribution >= 0.6 is 0 Å². The highest BCUT2D eigenvalue weighted by Gasteiger charge is 2.27. The van der Waals surface area contributed by atoms with E-state index in [0.29, 0.717) is 0 Å². The van der Waals surface area contributed by atoms with Crippen LogP contribution in [0, 0.1) is 0 Å². The Bertz CT molecular complexity index is 1630. The Labute approximate surface area is 214 Å². The largest absolute Gasteiger partial charge is 0.102 e. The van der Waals surface area contributed by atoms with Gasteiger partial charge in [-0.1, -0.05) is 121 Å². The monoisotopic (exact) mass is 464 g/mol. The summed E-state index contributed by atoms with van der Waals surface area (Å²) in [4.78, 5) is 0. The summed E-state index contributed by atoms with van der Waals surface area (Å²) in [5.41, 5.74) is 4.46. The number of hydrogen-bond donors (Lipinski definition) is 0. The molecule has 36 heavy (non-hydrogen) atoms. The van der Waals surface area contributed by atoms with Crippen molar-refractivity contribution < 1.29 is 0 Å². The van der Waals surface area contributed by atoms with E-state index in [1.54, 1.807) is 11.1 Å². The summed E-state index contributed by atoms with van der Waals surface area (Å²) in [6.07, 6.45) is 17.0. The number of rotatable bonds is 2. The molecule has 0 nitrogen and oxygen atoms in total. The molecule has 0 heteroatoms. The summed E-state index contributed by atoms with van der Waals surface area (Å²) >= 11 is 0. The van der Waals surface area contributed by atoms with Gasteiger partial charge < -0.3 is 0 Å². The lowest BCUT2D eigenvalue weighted by Crippen LogP contribution is -2.21. The van der Waals surface area contributed by atoms with Crippen molar-refractivity contribution in [2.24, 2.45) is 0 Å². The van der Waals surface area contributed by atoms with Crippen molar-refractivity contribution >= 4 is 32.3 Å². The molecule has 2 aliphatic carbocycles. The quantitative estimate of drug-likeness (QED) is 0.180. The maximum Gasteiger partial charge on any atom is 0.0353 e. The van der Waals surface area contributed by atoms with E-state index in [4.69, 9.17) is 0 Å². The van der Waals surface area contributed by atoms with Gasteiger partial charge in [-0.3, -0.25) is 0 Å². The molecule has 0 saturated heterocycles. The Morgan fingerprint density at radius 3 is 2.14 bits per heavy atom. The van der Waals surface area contributed by atoms with Gasteiger partial charge in [-0.15, -0.1) is 6.58 Å². The van der Waals surface area contributed by atoms with Crippen molar-refractivity contribution in [3.8, 4) is 0 Å². The molecular formula is C36H32. The maximum absolute atomic E-state index is 4.05. The minimum Gasteiger partial charge on any atom is -0.102 e. The summed E-state index contributed by atoms with van der Waals surface area (Å²) in [7, 11) is 0. The van der Waals surface area contributed by atoms with Crippen LogP contribution in [0.15, 0.2) is 128 Å². The second-order valence-corrected chi connectivity index (χ2v) is 10.1. The van der Waals surface area contributed by atoms with Crippen LogP contribution in [-0.2, 0) is 18.3 Å². The Hall–Kier alpha value is -3.90. The fraction of sp³-hybridized carbons (Fsp3) is 0.167. The van der Waals surface area contributed by atoms with Crippen LogP contribution in [0.1, 0.15) is 36.0 Å². The third-order valence-corrected chi connectivity index (χ3v) is 8.01. The fourth-order valence-electron chi connectivity index (χ4n) is 6.07. The smallest absolute Gasteiger partial charge is 0.0353 e. The molecule has 0 radical (unpaired) electrons. The molecule has 0 aliphatic heterocycles. The van der Waals surface area contributed by atoms with Gasteiger partial charge in [0.15, 0.2) is 0 Å². The molecule has 0 saturated carbocycles. The number of fused-ring (bicyclic) bond motifs is 6. The van der Waals surface area contributed by atoms with Crippen LogP contribution in [0.25, 0.3) is 32.3 Å². The summed E-state index contributed by atoms with van der Waals surface area (Å²) in [5.74, 6) is 0. The SMILES string of the molecule is C=CC1(c2cccc3ccccc23)C=CC=CC1.c1ccc2c(c1)ccc1c3c(ccc12)CCCC3. The normalized spacial score (nSPS) is 18.6. The predicted molar refractivity (Wildman–Crippen MR) is 157 cm³/mol. The molecule has 0 aromatic heterocycles. The first-order valence-corrected chi connectivity index (χ1v) is 13.2. The van der Waals surface area contributed by atoms with E-state index in [0.717, 1.165) is 6.42 Å². The highest BCUT2D eigenvalue weighted by atomic mass is 14.3. The second kappa shape index (κ2) is 9.63. The van der Waals surface area contributed by atoms with E-state index in [-0.39, 0.29) is 5.41 Å². The van der Waals surface area contributed by atoms with E-state index in [1.165, 1.54) is 63.6 Å². The lowest BCUT2D eigenvalue weighted by atomic mass is 9.74. The molecule has 2 aliphatic rings. The Morgan fingerprint density at radius 2 is 1.33 bits per heavy atom. The molecule has 0 fully saturated rings. The summed E-state index contributed by atoms with van der Waals surface area (Å²) < 4.78 is 0. The lowest BCUT2D eigenvalue weighted by Gasteiger charge is -2.29. The van der Waals surface area contributed by atoms with E-state index in [2.05, 4.69) is 128 Å². The standard InChI is InChI=1S/2C18H16/c1-3-7-15-13(5-1)9-11-18-16-8-4-2-6-14(16)10-12-17(15)18;1-2-18(13-6-3-7-14-18)17-12-8-10-15-9-4-5-11-16(15)17/h1,3,5,7,9-12H,2,4,6,8H2;2-13H,1,14H2. The number of hydrogen-bond acceptors (Lipinski definition) is 0. The van der Waals surface area contributed by atoms with Crippen molar-refractivity contribution in [1.82, 2.24) is 0 Å². The van der Waals surface area contributed by atoms with Gasteiger partial charge in [-0.25, -0.2) is 0 Å². The van der Waals surface area contributed by atoms with E-state index >= 15 is 0 Å². The van der Waals surface area contributed by atoms with Gasteiger partial charge in [0.2, 0.25) is 0 Å². The minimum absolute atomic E-state index is 0.0599. The highest BCUT2D eigenvalue weighted by molar-refractivity contribution is 6.08. The van der Waals surface area contributed by atoms with Gasteiger partial charge in [0, 0.05) is 5.41 Å². The summed E-state index contributed by atoms with van der Waals surface area (Å²) in [6.45, 7) is 4.05. The van der Waals surface area contributed by atoms with Gasteiger partial charge in [-0.2, -0.15) is 0 Å². The van der Waals surface area contributed by atoms with Crippen LogP contribution in [0.2, 0.25) is 0 Å². The first kappa shape index (κ1) is 22.6. The molecule has 0 N–H and O–H groups in total. The molecular weight excluding hydrogens is 432 g/mol. The predicted octanol–water partition coefficient (Wildman–Crippen LogP) is 9.65. The van der Waals surface area contributed by atoms with Gasteiger partial charge in [-0.05, 0) is 81.1 Å². The molecule has 0 amide bonds. The lowest BCUT2D eigenvalue weighted by molar-refractivity contribution is 0.683. The zero-order valence-corrected chi connectivity index (χ0v) is 20.8. The molecule has 0 spiro atoms. The Balaban J connectivity index is 0.000000133. The van der Waals surface area contributed by atoms with Crippen LogP contribution in [0.5, 0.6) is 0 Å². The molecule has 0 bridgehead atoms. The first-order valence-electron chi connectivity index (χ1n) is 13.2. The zero-order chi connectivity index (χ0) is 24.4. The second-order valence-electron chi connectivity index (χ2n) is 10.1. The third kappa shape index (κ3) is 3.97. The van der Waals surface area contributed by atoms with Crippen LogP contribution < -0.4 is 0 Å². The van der Waals surface area contributed by atoms with Gasteiger partial charge in [0.1, 0.15) is 0 Å². The average Bonchev–Trinajstić information content (AvgIpc) is 2.97. The summed E-state index contributed by atoms with van der Waals surface area (Å²) in [5, 5.41) is 8.25. The number of benzene rings is 5. The average molecular weight is 465 g/mol. The molecule has 5 aromatic carbocycles. The topological polar surface area (TPSA) is 0 Å². The van der Waals surface area contributed by atoms with Crippen molar-refractivity contribution in [3.05, 3.63) is 145 Å². The van der Waals surface area contributed by atoms with Crippen molar-refractivity contribution in [1.29, 1.82) is 0 Å². The third-order valence-electron chi connectivity index (χ3n) is 8.01. The molecule has 5 aromatic rings. The molecule has 7 rings (SSSR count). The molecule has 0 heterocycles. The highest BCUT2D eigenvalue weighted by Crippen LogP contribution is 2.38. The molecule has 1 atom stereocenters. The van der Waals surface area contributed by atoms with Gasteiger partial charge in [0.05, 0.1) is 0 Å². The maximum atomic E-state index is 4.05. The number of aryl methyl sites for hydroxylation is 2. The minimum atomic E-state index is -0.0599. The number of allylic oxidation sites excluding steroid dienone is 5. The Kier molecular flexibility index (Phi) is 6.03. The fourth-order valence-corrected chi connectivity index (χ4v) is 6.07. The van der Waals surface area contributed by atoms with Crippen molar-refractivity contribution in [2.45, 2.75) is 37.5 Å². The van der Waals surface area contributed by atoms with Crippen molar-refractivity contribution in [2.75, 3.05) is 0 Å². The Morgan fingerprint density at radius 1 is 0.611 bits per heavy atom. The molecule has 1 unspecified atom stereocenters. The molecule has 176 valence electrons. The van der Waals surface area contributed by atoms with Crippen LogP contribution in [0.4, 0.5) is 0 Å². The van der Waals surface area contributed by atoms with Crippen molar-refractivity contribution in [3.63, 3.8) is 0 Å². The van der Waals surface area contributed by atoms with Gasteiger partial charge in [0.25, 0.3) is 0 Å². The van der Waals surface area contributed by atoms with E-state index < -0.39 is 0 Å². The summed E-state index contributed by atoms with van der Waals surface area (Å²) in [6, 6.07) is 33.0. The zero-order valence-electron chi connectivity index (χ0n) is 20.8. The van der Waals surface area contributed by atoms with E-state index in [1.807, 2.05) is 0 Å². The van der Waals surface area contributed by atoms with Crippen LogP contribution in [0.3, 0.4) is 0 Å². The van der Waals surface area contributed by atoms with E-state index in [9.17, 15) is 0 Å². The van der Waals surface area contributed by atoms with Gasteiger partial charge >= 0.3 is 0 Å². The van der Waals surface area contributed by atoms with Crippen LogP contribution in [-0.4, -0.2) is 0 Å². The first-order chi connectivity index (χ1) is 17.8.